The minimum atomic E-state index is -0.796. The van der Waals surface area contributed by atoms with Gasteiger partial charge in [0.1, 0.15) is 10.3 Å². The number of nitrogens with one attached hydrogen (secondary N) is 1. The van der Waals surface area contributed by atoms with Crippen LogP contribution in [-0.2, 0) is 9.59 Å². The highest BCUT2D eigenvalue weighted by atomic mass is 32.1. The fraction of sp³-hybridized carbons (Fsp3) is 0.125. The maximum absolute atomic E-state index is 14.3. The maximum Gasteiger partial charge on any atom is 0.271 e. The Morgan fingerprint density at radius 2 is 1.83 bits per heavy atom. The zero-order valence-electron chi connectivity index (χ0n) is 22.5. The molecule has 1 atom stereocenters. The molecule has 4 aromatic rings. The van der Waals surface area contributed by atoms with Crippen molar-refractivity contribution in [3.05, 3.63) is 134 Å². The third-order valence-corrected chi connectivity index (χ3v) is 8.20. The Bertz CT molecular complexity index is 1940. The van der Waals surface area contributed by atoms with Crippen LogP contribution in [0.5, 0.6) is 5.75 Å². The number of fused-ring (bicyclic) bond motifs is 2. The molecule has 2 aliphatic heterocycles. The van der Waals surface area contributed by atoms with Crippen molar-refractivity contribution in [2.24, 2.45) is 4.99 Å². The lowest BCUT2D eigenvalue weighted by Gasteiger charge is -2.25. The summed E-state index contributed by atoms with van der Waals surface area (Å²) >= 11 is 1.15. The van der Waals surface area contributed by atoms with E-state index in [-0.39, 0.29) is 16.3 Å². The summed E-state index contributed by atoms with van der Waals surface area (Å²) in [6, 6.07) is 23.0. The van der Waals surface area contributed by atoms with Crippen molar-refractivity contribution in [1.29, 1.82) is 0 Å². The average molecular weight is 563 g/mol. The number of nitrogens with zero attached hydrogens (tertiary/aromatic N) is 3. The van der Waals surface area contributed by atoms with Gasteiger partial charge in [0.05, 0.1) is 35.7 Å². The Balaban J connectivity index is 1.59. The lowest BCUT2D eigenvalue weighted by molar-refractivity contribution is -0.114. The molecule has 0 bridgehead atoms. The third-order valence-electron chi connectivity index (χ3n) is 7.15. The first-order valence-corrected chi connectivity index (χ1v) is 13.8. The Morgan fingerprint density at radius 3 is 2.59 bits per heavy atom. The average Bonchev–Trinajstić information content (AvgIpc) is 3.45. The highest BCUT2D eigenvalue weighted by Gasteiger charge is 2.36. The van der Waals surface area contributed by atoms with Crippen LogP contribution in [0.25, 0.3) is 5.57 Å². The number of para-hydroxylation sites is 2. The first-order chi connectivity index (χ1) is 19.9. The molecule has 8 nitrogen and oxygen atoms in total. The first-order valence-electron chi connectivity index (χ1n) is 13.0. The summed E-state index contributed by atoms with van der Waals surface area (Å²) in [6.45, 7) is 5.86. The van der Waals surface area contributed by atoms with Crippen molar-refractivity contribution < 1.29 is 14.3 Å². The van der Waals surface area contributed by atoms with Crippen molar-refractivity contribution in [1.82, 2.24) is 4.57 Å². The van der Waals surface area contributed by atoms with Crippen molar-refractivity contribution >= 4 is 40.1 Å². The van der Waals surface area contributed by atoms with Gasteiger partial charge in [0.15, 0.2) is 4.80 Å². The molecule has 0 spiro atoms. The second kappa shape index (κ2) is 10.5. The number of aromatic nitrogens is 1. The number of thiazole rings is 1. The summed E-state index contributed by atoms with van der Waals surface area (Å²) < 4.78 is 7.26. The van der Waals surface area contributed by atoms with Gasteiger partial charge >= 0.3 is 0 Å². The Hall–Kier alpha value is -5.02. The van der Waals surface area contributed by atoms with E-state index >= 15 is 0 Å². The van der Waals surface area contributed by atoms with Crippen molar-refractivity contribution in [2.75, 3.05) is 23.9 Å². The van der Waals surface area contributed by atoms with Crippen LogP contribution >= 0.6 is 11.3 Å². The van der Waals surface area contributed by atoms with E-state index in [0.29, 0.717) is 50.8 Å². The van der Waals surface area contributed by atoms with E-state index in [0.717, 1.165) is 17.0 Å². The summed E-state index contributed by atoms with van der Waals surface area (Å²) in [6.07, 6.45) is 1.66. The molecule has 204 valence electrons. The molecule has 0 saturated carbocycles. The molecule has 0 unspecified atom stereocenters. The molecule has 0 radical (unpaired) electrons. The highest BCUT2D eigenvalue weighted by molar-refractivity contribution is 7.07. The molecule has 0 saturated heterocycles. The van der Waals surface area contributed by atoms with E-state index in [1.165, 1.54) is 4.57 Å². The molecule has 1 N–H and O–H groups in total. The number of anilines is 2. The molecule has 41 heavy (non-hydrogen) atoms. The number of hydrogen-bond acceptors (Lipinski definition) is 6. The number of hydrogen-bond donors (Lipinski definition) is 1. The van der Waals surface area contributed by atoms with Gasteiger partial charge in [0, 0.05) is 17.8 Å². The van der Waals surface area contributed by atoms with Gasteiger partial charge in [-0.1, -0.05) is 65.9 Å². The lowest BCUT2D eigenvalue weighted by Crippen LogP contribution is -2.41. The van der Waals surface area contributed by atoms with E-state index in [1.807, 2.05) is 60.7 Å². The smallest absolute Gasteiger partial charge is 0.271 e. The van der Waals surface area contributed by atoms with Gasteiger partial charge in [-0.15, -0.1) is 6.58 Å². The fourth-order valence-corrected chi connectivity index (χ4v) is 6.46. The number of benzene rings is 3. The molecule has 1 aromatic heterocycles. The van der Waals surface area contributed by atoms with E-state index in [9.17, 15) is 14.4 Å². The van der Waals surface area contributed by atoms with Gasteiger partial charge in [-0.2, -0.15) is 0 Å². The summed E-state index contributed by atoms with van der Waals surface area (Å²) in [5.74, 6) is -0.0559. The van der Waals surface area contributed by atoms with Crippen molar-refractivity contribution in [3.8, 4) is 5.75 Å². The minimum absolute atomic E-state index is 0.271. The van der Waals surface area contributed by atoms with Gasteiger partial charge in [0.2, 0.25) is 0 Å². The highest BCUT2D eigenvalue weighted by Crippen LogP contribution is 2.36. The zero-order chi connectivity index (χ0) is 28.7. The van der Waals surface area contributed by atoms with E-state index < -0.39 is 11.6 Å². The van der Waals surface area contributed by atoms with E-state index in [4.69, 9.17) is 9.73 Å². The van der Waals surface area contributed by atoms with Gasteiger partial charge < -0.3 is 15.0 Å². The lowest BCUT2D eigenvalue weighted by atomic mass is 9.95. The number of ether oxygens (including phenoxy) is 1. The molecule has 6 rings (SSSR count). The van der Waals surface area contributed by atoms with Gasteiger partial charge in [0.25, 0.3) is 17.4 Å². The number of rotatable bonds is 6. The van der Waals surface area contributed by atoms with E-state index in [1.54, 1.807) is 43.2 Å². The van der Waals surface area contributed by atoms with E-state index in [2.05, 4.69) is 11.9 Å². The predicted octanol–water partition coefficient (Wildman–Crippen LogP) is 3.79. The van der Waals surface area contributed by atoms with Crippen LogP contribution in [0.2, 0.25) is 0 Å². The number of allylic oxidation sites excluding steroid dienone is 1. The quantitative estimate of drug-likeness (QED) is 0.362. The molecular formula is C32H26N4O4S. The second-order valence-corrected chi connectivity index (χ2v) is 10.6. The third kappa shape index (κ3) is 4.40. The molecule has 0 fully saturated rings. The monoisotopic (exact) mass is 562 g/mol. The fourth-order valence-electron chi connectivity index (χ4n) is 5.32. The number of amides is 2. The Labute approximate surface area is 239 Å². The molecule has 2 aliphatic rings. The van der Waals surface area contributed by atoms with Crippen molar-refractivity contribution in [2.45, 2.75) is 13.0 Å². The van der Waals surface area contributed by atoms with Gasteiger partial charge in [-0.3, -0.25) is 19.0 Å². The Kier molecular flexibility index (Phi) is 6.72. The standard InChI is InChI=1S/C32H26N4O4S/c1-4-17-35-24-16-9-8-15-23(24)26(30(35)38)28-31(39)36-27(20-11-10-14-22(18-20)40-3)25(19(2)33-32(36)41-28)29(37)34-21-12-6-5-7-13-21/h4-16,18,27H,1,17H2,2-3H3,(H,34,37)/b28-26+/t27-/m0/s1. The Morgan fingerprint density at radius 1 is 1.07 bits per heavy atom. The molecule has 3 aromatic carbocycles. The summed E-state index contributed by atoms with van der Waals surface area (Å²) in [4.78, 5) is 48.5. The van der Waals surface area contributed by atoms with Crippen LogP contribution < -0.4 is 29.8 Å². The van der Waals surface area contributed by atoms with Gasteiger partial charge in [-0.05, 0) is 42.8 Å². The summed E-state index contributed by atoms with van der Waals surface area (Å²) in [5.41, 5.74) is 3.46. The number of methoxy groups -OCH3 is 1. The minimum Gasteiger partial charge on any atom is -0.497 e. The van der Waals surface area contributed by atoms with Crippen LogP contribution in [0.4, 0.5) is 11.4 Å². The van der Waals surface area contributed by atoms with Crippen LogP contribution in [-0.4, -0.2) is 30.0 Å². The summed E-state index contributed by atoms with van der Waals surface area (Å²) in [5, 5.41) is 2.95. The predicted molar refractivity (Wildman–Crippen MR) is 160 cm³/mol. The van der Waals surface area contributed by atoms with Crippen LogP contribution in [0.1, 0.15) is 24.1 Å². The van der Waals surface area contributed by atoms with Crippen LogP contribution in [0, 0.1) is 0 Å². The van der Waals surface area contributed by atoms with Gasteiger partial charge in [-0.25, -0.2) is 4.99 Å². The van der Waals surface area contributed by atoms with Crippen LogP contribution in [0.15, 0.2) is 113 Å². The zero-order valence-corrected chi connectivity index (χ0v) is 23.3. The summed E-state index contributed by atoms with van der Waals surface area (Å²) in [7, 11) is 1.56. The normalized spacial score (nSPS) is 17.1. The molecule has 0 aliphatic carbocycles. The largest absolute Gasteiger partial charge is 0.497 e. The molecule has 9 heteroatoms. The SMILES string of the molecule is C=CCN1C(=O)/C(=c2/sc3n(c2=O)[C@@H](c2cccc(OC)c2)C(C(=O)Nc2ccccc2)=C(C)N=3)c2ccccc21. The first kappa shape index (κ1) is 26.2. The van der Waals surface area contributed by atoms with Crippen LogP contribution in [0.3, 0.4) is 0 Å². The second-order valence-electron chi connectivity index (χ2n) is 9.60. The molecular weight excluding hydrogens is 536 g/mol. The topological polar surface area (TPSA) is 93.0 Å². The maximum atomic E-state index is 14.3. The van der Waals surface area contributed by atoms with Crippen molar-refractivity contribution in [3.63, 3.8) is 0 Å². The molecule has 3 heterocycles. The number of carbonyl (C=O) groups excluding carboxylic acids is 2. The molecule has 2 amide bonds. The number of carbonyl (C=O) groups is 2.